The second-order valence-corrected chi connectivity index (χ2v) is 6.29. The molecule has 122 valence electrons. The number of aliphatic imine (C=N–C) groups is 1. The monoisotopic (exact) mass is 434 g/mol. The fourth-order valence-corrected chi connectivity index (χ4v) is 2.97. The van der Waals surface area contributed by atoms with Gasteiger partial charge in [-0.15, -0.1) is 35.3 Å². The van der Waals surface area contributed by atoms with Gasteiger partial charge in [-0.3, -0.25) is 4.99 Å². The Morgan fingerprint density at radius 1 is 1.27 bits per heavy atom. The van der Waals surface area contributed by atoms with E-state index in [-0.39, 0.29) is 24.0 Å². The maximum atomic E-state index is 5.16. The zero-order valence-corrected chi connectivity index (χ0v) is 16.5. The molecule has 0 spiro atoms. The molecule has 0 aliphatic rings. The molecule has 0 radical (unpaired) electrons. The van der Waals surface area contributed by atoms with E-state index >= 15 is 0 Å². The Morgan fingerprint density at radius 2 is 2.05 bits per heavy atom. The van der Waals surface area contributed by atoms with Crippen LogP contribution in [-0.2, 0) is 13.0 Å². The summed E-state index contributed by atoms with van der Waals surface area (Å²) in [6, 6.07) is 4.28. The van der Waals surface area contributed by atoms with E-state index in [4.69, 9.17) is 4.52 Å². The van der Waals surface area contributed by atoms with Gasteiger partial charge in [-0.1, -0.05) is 5.16 Å². The molecule has 0 aliphatic carbocycles. The van der Waals surface area contributed by atoms with E-state index in [0.29, 0.717) is 0 Å². The van der Waals surface area contributed by atoms with E-state index in [1.54, 1.807) is 18.4 Å². The van der Waals surface area contributed by atoms with Crippen molar-refractivity contribution in [3.05, 3.63) is 38.9 Å². The van der Waals surface area contributed by atoms with Gasteiger partial charge in [0.05, 0.1) is 12.2 Å². The number of aryl methyl sites for hydroxylation is 3. The van der Waals surface area contributed by atoms with Crippen molar-refractivity contribution in [1.82, 2.24) is 15.8 Å². The molecule has 0 fully saturated rings. The van der Waals surface area contributed by atoms with Gasteiger partial charge in [0.2, 0.25) is 0 Å². The first-order valence-corrected chi connectivity index (χ1v) is 7.83. The Hall–Kier alpha value is -1.09. The molecule has 2 aromatic heterocycles. The Kier molecular flexibility index (Phi) is 7.88. The highest BCUT2D eigenvalue weighted by atomic mass is 127. The minimum absolute atomic E-state index is 0. The summed E-state index contributed by atoms with van der Waals surface area (Å²) in [5.74, 6) is 1.71. The van der Waals surface area contributed by atoms with Crippen LogP contribution < -0.4 is 10.6 Å². The van der Waals surface area contributed by atoms with E-state index in [0.717, 1.165) is 36.9 Å². The van der Waals surface area contributed by atoms with E-state index in [9.17, 15) is 0 Å². The maximum Gasteiger partial charge on any atom is 0.191 e. The van der Waals surface area contributed by atoms with Crippen LogP contribution in [0.15, 0.2) is 21.6 Å². The molecule has 0 amide bonds. The topological polar surface area (TPSA) is 62.5 Å². The third-order valence-electron chi connectivity index (χ3n) is 3.30. The van der Waals surface area contributed by atoms with Crippen LogP contribution in [0.25, 0.3) is 0 Å². The molecular weight excluding hydrogens is 411 g/mol. The Balaban J connectivity index is 0.00000242. The summed E-state index contributed by atoms with van der Waals surface area (Å²) in [5.41, 5.74) is 2.14. The summed E-state index contributed by atoms with van der Waals surface area (Å²) >= 11 is 1.80. The lowest BCUT2D eigenvalue weighted by molar-refractivity contribution is 0.392. The molecule has 7 heteroatoms. The van der Waals surface area contributed by atoms with Gasteiger partial charge in [-0.05, 0) is 39.3 Å². The van der Waals surface area contributed by atoms with Crippen molar-refractivity contribution in [3.8, 4) is 0 Å². The standard InChI is InChI=1S/C15H22N4OS.HI/c1-10-5-6-13(21-10)9-18-15(16-4)17-8-7-14-11(2)19-20-12(14)3;/h5-6H,7-9H2,1-4H3,(H2,16,17,18);1H. The molecule has 5 nitrogen and oxygen atoms in total. The Labute approximate surface area is 152 Å². The van der Waals surface area contributed by atoms with Crippen molar-refractivity contribution in [2.45, 2.75) is 33.7 Å². The van der Waals surface area contributed by atoms with Crippen LogP contribution in [0.5, 0.6) is 0 Å². The number of hydrogen-bond donors (Lipinski definition) is 2. The van der Waals surface area contributed by atoms with E-state index in [1.165, 1.54) is 15.3 Å². The molecule has 2 heterocycles. The molecule has 22 heavy (non-hydrogen) atoms. The molecular formula is C15H23IN4OS. The second kappa shape index (κ2) is 9.14. The van der Waals surface area contributed by atoms with Crippen LogP contribution in [-0.4, -0.2) is 24.7 Å². The van der Waals surface area contributed by atoms with Crippen molar-refractivity contribution in [1.29, 1.82) is 0 Å². The number of nitrogens with one attached hydrogen (secondary N) is 2. The molecule has 2 N–H and O–H groups in total. The molecule has 0 atom stereocenters. The van der Waals surface area contributed by atoms with Crippen LogP contribution in [0, 0.1) is 20.8 Å². The summed E-state index contributed by atoms with van der Waals surface area (Å²) in [6.45, 7) is 7.62. The van der Waals surface area contributed by atoms with E-state index in [2.05, 4.69) is 39.8 Å². The molecule has 0 saturated carbocycles. The molecule has 0 unspecified atom stereocenters. The molecule has 0 saturated heterocycles. The van der Waals surface area contributed by atoms with Gasteiger partial charge in [-0.25, -0.2) is 0 Å². The van der Waals surface area contributed by atoms with Gasteiger partial charge < -0.3 is 15.2 Å². The third kappa shape index (κ3) is 5.28. The number of thiophene rings is 1. The van der Waals surface area contributed by atoms with Crippen molar-refractivity contribution in [2.24, 2.45) is 4.99 Å². The quantitative estimate of drug-likeness (QED) is 0.431. The number of guanidine groups is 1. The van der Waals surface area contributed by atoms with E-state index in [1.807, 2.05) is 13.8 Å². The molecule has 2 rings (SSSR count). The molecule has 0 aromatic carbocycles. The first-order valence-electron chi connectivity index (χ1n) is 7.01. The predicted octanol–water partition coefficient (Wildman–Crippen LogP) is 3.19. The summed E-state index contributed by atoms with van der Waals surface area (Å²) < 4.78 is 5.16. The lowest BCUT2D eigenvalue weighted by atomic mass is 10.1. The zero-order chi connectivity index (χ0) is 15.2. The zero-order valence-electron chi connectivity index (χ0n) is 13.4. The lowest BCUT2D eigenvalue weighted by Crippen LogP contribution is -2.37. The Bertz CT molecular complexity index is 601. The fraction of sp³-hybridized carbons (Fsp3) is 0.467. The first kappa shape index (κ1) is 19.0. The molecule has 0 aliphatic heterocycles. The van der Waals surface area contributed by atoms with Crippen molar-refractivity contribution in [3.63, 3.8) is 0 Å². The first-order chi connectivity index (χ1) is 10.1. The van der Waals surface area contributed by atoms with Gasteiger partial charge >= 0.3 is 0 Å². The average Bonchev–Trinajstić information content (AvgIpc) is 3.02. The summed E-state index contributed by atoms with van der Waals surface area (Å²) in [6.07, 6.45) is 0.875. The third-order valence-corrected chi connectivity index (χ3v) is 4.30. The summed E-state index contributed by atoms with van der Waals surface area (Å²) in [7, 11) is 1.78. The number of hydrogen-bond acceptors (Lipinski definition) is 4. The lowest BCUT2D eigenvalue weighted by Gasteiger charge is -2.11. The summed E-state index contributed by atoms with van der Waals surface area (Å²) in [4.78, 5) is 6.87. The number of halogens is 1. The second-order valence-electron chi connectivity index (χ2n) is 4.92. The number of rotatable bonds is 5. The molecule has 2 aromatic rings. The maximum absolute atomic E-state index is 5.16. The normalized spacial score (nSPS) is 11.2. The van der Waals surface area contributed by atoms with Gasteiger partial charge in [-0.2, -0.15) is 0 Å². The van der Waals surface area contributed by atoms with Crippen molar-refractivity contribution in [2.75, 3.05) is 13.6 Å². The van der Waals surface area contributed by atoms with Gasteiger partial charge in [0.25, 0.3) is 0 Å². The molecule has 0 bridgehead atoms. The van der Waals surface area contributed by atoms with E-state index < -0.39 is 0 Å². The number of nitrogens with zero attached hydrogens (tertiary/aromatic N) is 2. The van der Waals surface area contributed by atoms with Crippen LogP contribution in [0.1, 0.15) is 26.8 Å². The average molecular weight is 434 g/mol. The minimum atomic E-state index is 0. The highest BCUT2D eigenvalue weighted by Gasteiger charge is 2.08. The van der Waals surface area contributed by atoms with Gasteiger partial charge in [0.1, 0.15) is 5.76 Å². The van der Waals surface area contributed by atoms with Crippen molar-refractivity contribution < 1.29 is 4.52 Å². The number of aromatic nitrogens is 1. The Morgan fingerprint density at radius 3 is 2.59 bits per heavy atom. The van der Waals surface area contributed by atoms with Gasteiger partial charge in [0, 0.05) is 28.9 Å². The highest BCUT2D eigenvalue weighted by Crippen LogP contribution is 2.14. The van der Waals surface area contributed by atoms with Crippen LogP contribution in [0.2, 0.25) is 0 Å². The predicted molar refractivity (Wildman–Crippen MR) is 102 cm³/mol. The van der Waals surface area contributed by atoms with Crippen LogP contribution in [0.3, 0.4) is 0 Å². The summed E-state index contributed by atoms with van der Waals surface area (Å²) in [5, 5.41) is 10.6. The van der Waals surface area contributed by atoms with Crippen molar-refractivity contribution >= 4 is 41.3 Å². The highest BCUT2D eigenvalue weighted by molar-refractivity contribution is 14.0. The van der Waals surface area contributed by atoms with Crippen LogP contribution >= 0.6 is 35.3 Å². The minimum Gasteiger partial charge on any atom is -0.361 e. The van der Waals surface area contributed by atoms with Gasteiger partial charge in [0.15, 0.2) is 5.96 Å². The smallest absolute Gasteiger partial charge is 0.191 e. The van der Waals surface area contributed by atoms with Crippen LogP contribution in [0.4, 0.5) is 0 Å². The fourth-order valence-electron chi connectivity index (χ4n) is 2.14. The SMILES string of the molecule is CN=C(NCCc1c(C)noc1C)NCc1ccc(C)s1.I. The largest absolute Gasteiger partial charge is 0.361 e.